The number of hydrogen-bond acceptors (Lipinski definition) is 4. The topological polar surface area (TPSA) is 53.1 Å². The van der Waals surface area contributed by atoms with E-state index in [1.54, 1.807) is 0 Å². The van der Waals surface area contributed by atoms with Gasteiger partial charge in [0.05, 0.1) is 0 Å². The van der Waals surface area contributed by atoms with E-state index in [0.29, 0.717) is 31.0 Å². The van der Waals surface area contributed by atoms with Crippen LogP contribution in [0.25, 0.3) is 0 Å². The summed E-state index contributed by atoms with van der Waals surface area (Å²) in [6, 6.07) is 7.43. The molecule has 0 aromatic heterocycles. The second-order valence-electron chi connectivity index (χ2n) is 9.45. The van der Waals surface area contributed by atoms with Crippen molar-refractivity contribution in [3.8, 4) is 5.75 Å². The van der Waals surface area contributed by atoms with Gasteiger partial charge in [0.1, 0.15) is 11.9 Å². The summed E-state index contributed by atoms with van der Waals surface area (Å²) in [5.74, 6) is 1.12. The van der Waals surface area contributed by atoms with Gasteiger partial charge in [-0.05, 0) is 63.4 Å². The van der Waals surface area contributed by atoms with Crippen LogP contribution < -0.4 is 4.74 Å². The monoisotopic (exact) mass is 461 g/mol. The maximum absolute atomic E-state index is 13.0. The van der Waals surface area contributed by atoms with Gasteiger partial charge in [-0.3, -0.25) is 9.59 Å². The molecule has 176 valence electrons. The quantitative estimate of drug-likeness (QED) is 0.619. The SMILES string of the molecule is O=C(C[C@H]1CN(C(=O)CCN2CCCC2)CC[C@@H]1Oc1cccc(Cl)c1)N1CCCCC1. The predicted octanol–water partition coefficient (Wildman–Crippen LogP) is 3.82. The van der Waals surface area contributed by atoms with Crippen LogP contribution in [0.15, 0.2) is 24.3 Å². The van der Waals surface area contributed by atoms with Crippen molar-refractivity contribution in [3.63, 3.8) is 0 Å². The Balaban J connectivity index is 1.39. The molecule has 3 heterocycles. The van der Waals surface area contributed by atoms with Crippen LogP contribution in [0.4, 0.5) is 0 Å². The summed E-state index contributed by atoms with van der Waals surface area (Å²) in [7, 11) is 0. The summed E-state index contributed by atoms with van der Waals surface area (Å²) >= 11 is 6.14. The third-order valence-corrected chi connectivity index (χ3v) is 7.32. The molecular weight excluding hydrogens is 426 g/mol. The molecule has 4 rings (SSSR count). The number of amides is 2. The number of hydrogen-bond donors (Lipinski definition) is 0. The van der Waals surface area contributed by atoms with E-state index in [-0.39, 0.29) is 23.8 Å². The van der Waals surface area contributed by atoms with Gasteiger partial charge in [-0.25, -0.2) is 0 Å². The fourth-order valence-corrected chi connectivity index (χ4v) is 5.40. The highest BCUT2D eigenvalue weighted by Crippen LogP contribution is 2.28. The van der Waals surface area contributed by atoms with Crippen LogP contribution in [0.2, 0.25) is 5.02 Å². The van der Waals surface area contributed by atoms with Crippen LogP contribution in [0, 0.1) is 5.92 Å². The second-order valence-corrected chi connectivity index (χ2v) is 9.88. The van der Waals surface area contributed by atoms with E-state index < -0.39 is 0 Å². The van der Waals surface area contributed by atoms with Crippen molar-refractivity contribution < 1.29 is 14.3 Å². The van der Waals surface area contributed by atoms with E-state index in [1.165, 1.54) is 19.3 Å². The number of rotatable bonds is 7. The summed E-state index contributed by atoms with van der Waals surface area (Å²) < 4.78 is 6.30. The van der Waals surface area contributed by atoms with E-state index in [2.05, 4.69) is 4.90 Å². The summed E-state index contributed by atoms with van der Waals surface area (Å²) in [6.07, 6.45) is 7.48. The zero-order valence-corrected chi connectivity index (χ0v) is 19.8. The van der Waals surface area contributed by atoms with E-state index >= 15 is 0 Å². The van der Waals surface area contributed by atoms with Crippen molar-refractivity contribution in [3.05, 3.63) is 29.3 Å². The van der Waals surface area contributed by atoms with E-state index in [4.69, 9.17) is 16.3 Å². The maximum atomic E-state index is 13.0. The molecule has 3 fully saturated rings. The Hall–Kier alpha value is -1.79. The smallest absolute Gasteiger partial charge is 0.223 e. The van der Waals surface area contributed by atoms with Gasteiger partial charge in [-0.2, -0.15) is 0 Å². The van der Waals surface area contributed by atoms with Gasteiger partial charge < -0.3 is 19.4 Å². The Labute approximate surface area is 196 Å². The lowest BCUT2D eigenvalue weighted by atomic mass is 9.90. The van der Waals surface area contributed by atoms with Crippen LogP contribution in [0.3, 0.4) is 0 Å². The van der Waals surface area contributed by atoms with E-state index in [1.807, 2.05) is 34.1 Å². The number of carbonyl (C=O) groups excluding carboxylic acids is 2. The Bertz CT molecular complexity index is 777. The number of carbonyl (C=O) groups is 2. The van der Waals surface area contributed by atoms with Crippen LogP contribution in [0.1, 0.15) is 51.4 Å². The minimum atomic E-state index is -0.0927. The Morgan fingerprint density at radius 1 is 0.938 bits per heavy atom. The molecule has 0 N–H and O–H groups in total. The van der Waals surface area contributed by atoms with Crippen molar-refractivity contribution in [1.29, 1.82) is 0 Å². The predicted molar refractivity (Wildman–Crippen MR) is 126 cm³/mol. The number of likely N-dealkylation sites (tertiary alicyclic amines) is 3. The molecule has 1 aromatic carbocycles. The number of nitrogens with zero attached hydrogens (tertiary/aromatic N) is 3. The molecule has 2 atom stereocenters. The van der Waals surface area contributed by atoms with Crippen LogP contribution in [0.5, 0.6) is 5.75 Å². The zero-order valence-electron chi connectivity index (χ0n) is 19.0. The molecule has 6 nitrogen and oxygen atoms in total. The molecule has 0 unspecified atom stereocenters. The van der Waals surface area contributed by atoms with Gasteiger partial charge in [0, 0.05) is 62.9 Å². The number of halogens is 1. The molecule has 3 saturated heterocycles. The first kappa shape index (κ1) is 23.4. The summed E-state index contributed by atoms with van der Waals surface area (Å²) in [5, 5.41) is 0.637. The lowest BCUT2D eigenvalue weighted by Crippen LogP contribution is -2.50. The van der Waals surface area contributed by atoms with Gasteiger partial charge in [-0.15, -0.1) is 0 Å². The number of benzene rings is 1. The Morgan fingerprint density at radius 3 is 2.44 bits per heavy atom. The lowest BCUT2D eigenvalue weighted by Gasteiger charge is -2.39. The van der Waals surface area contributed by atoms with E-state index in [0.717, 1.165) is 57.7 Å². The third kappa shape index (κ3) is 6.38. The van der Waals surface area contributed by atoms with Gasteiger partial charge >= 0.3 is 0 Å². The molecule has 3 aliphatic rings. The van der Waals surface area contributed by atoms with Crippen LogP contribution >= 0.6 is 11.6 Å². The number of ether oxygens (including phenoxy) is 1. The van der Waals surface area contributed by atoms with E-state index in [9.17, 15) is 9.59 Å². The maximum Gasteiger partial charge on any atom is 0.223 e. The summed E-state index contributed by atoms with van der Waals surface area (Å²) in [5.41, 5.74) is 0. The Morgan fingerprint density at radius 2 is 1.69 bits per heavy atom. The minimum Gasteiger partial charge on any atom is -0.490 e. The highest BCUT2D eigenvalue weighted by Gasteiger charge is 2.35. The molecule has 1 aromatic rings. The highest BCUT2D eigenvalue weighted by molar-refractivity contribution is 6.30. The average molecular weight is 462 g/mol. The third-order valence-electron chi connectivity index (χ3n) is 7.09. The van der Waals surface area contributed by atoms with Crippen molar-refractivity contribution in [2.45, 2.75) is 57.5 Å². The molecule has 0 aliphatic carbocycles. The normalized spacial score (nSPS) is 24.5. The zero-order chi connectivity index (χ0) is 22.3. The lowest BCUT2D eigenvalue weighted by molar-refractivity contribution is -0.139. The summed E-state index contributed by atoms with van der Waals surface area (Å²) in [6.45, 7) is 6.02. The molecule has 2 amide bonds. The molecule has 0 bridgehead atoms. The first-order valence-corrected chi connectivity index (χ1v) is 12.7. The Kier molecular flexibility index (Phi) is 8.31. The summed E-state index contributed by atoms with van der Waals surface area (Å²) in [4.78, 5) is 32.3. The molecule has 0 saturated carbocycles. The van der Waals surface area contributed by atoms with Crippen LogP contribution in [-0.2, 0) is 9.59 Å². The van der Waals surface area contributed by atoms with Gasteiger partial charge in [0.15, 0.2) is 0 Å². The molecule has 0 radical (unpaired) electrons. The van der Waals surface area contributed by atoms with Crippen molar-refractivity contribution >= 4 is 23.4 Å². The van der Waals surface area contributed by atoms with Crippen LogP contribution in [-0.4, -0.2) is 78.4 Å². The first-order chi connectivity index (χ1) is 15.6. The van der Waals surface area contributed by atoms with Gasteiger partial charge in [0.2, 0.25) is 11.8 Å². The van der Waals surface area contributed by atoms with Gasteiger partial charge in [-0.1, -0.05) is 17.7 Å². The van der Waals surface area contributed by atoms with Crippen molar-refractivity contribution in [2.24, 2.45) is 5.92 Å². The molecule has 32 heavy (non-hydrogen) atoms. The first-order valence-electron chi connectivity index (χ1n) is 12.3. The van der Waals surface area contributed by atoms with Crippen molar-refractivity contribution in [2.75, 3.05) is 45.8 Å². The average Bonchev–Trinajstić information content (AvgIpc) is 3.33. The molecule has 7 heteroatoms. The fraction of sp³-hybridized carbons (Fsp3) is 0.680. The fourth-order valence-electron chi connectivity index (χ4n) is 5.22. The highest BCUT2D eigenvalue weighted by atomic mass is 35.5. The molecule has 3 aliphatic heterocycles. The second kappa shape index (κ2) is 11.4. The molecular formula is C25H36ClN3O3. The standard InChI is InChI=1S/C25H36ClN3O3/c26-21-7-6-8-22(18-21)32-23-9-16-29(24(30)10-15-27-11-4-5-12-27)19-20(23)17-25(31)28-13-2-1-3-14-28/h6-8,18,20,23H,1-5,9-17,19H2/t20-,23-/m0/s1. The largest absolute Gasteiger partial charge is 0.490 e. The van der Waals surface area contributed by atoms with Crippen molar-refractivity contribution in [1.82, 2.24) is 14.7 Å². The van der Waals surface area contributed by atoms with Gasteiger partial charge in [0.25, 0.3) is 0 Å². The number of piperidine rings is 2. The minimum absolute atomic E-state index is 0.00658. The molecule has 0 spiro atoms.